The molecular formula is C9H11NO2S. The van der Waals surface area contributed by atoms with Gasteiger partial charge in [0, 0.05) is 0 Å². The Balaban J connectivity index is 2.09. The molecule has 2 rings (SSSR count). The summed E-state index contributed by atoms with van der Waals surface area (Å²) in [6.07, 6.45) is 5.78. The maximum absolute atomic E-state index is 10.4. The topological polar surface area (TPSA) is 43.1 Å². The lowest BCUT2D eigenvalue weighted by Gasteiger charge is -2.17. The van der Waals surface area contributed by atoms with Crippen LogP contribution in [0.25, 0.3) is 0 Å². The number of nitrogens with zero attached hydrogens (tertiary/aromatic N) is 1. The average Bonchev–Trinajstić information content (AvgIpc) is 2.67. The predicted molar refractivity (Wildman–Crippen MR) is 50.9 cm³/mol. The zero-order chi connectivity index (χ0) is 9.10. The molecule has 0 bridgehead atoms. The van der Waals surface area contributed by atoms with Gasteiger partial charge in [-0.25, -0.2) is 4.98 Å². The van der Waals surface area contributed by atoms with Crippen LogP contribution in [0.4, 0.5) is 0 Å². The van der Waals surface area contributed by atoms with E-state index in [2.05, 4.69) is 4.98 Å². The SMILES string of the molecule is O=Cc1coc(C2CCCCS2)n1. The maximum Gasteiger partial charge on any atom is 0.207 e. The number of aromatic nitrogens is 1. The van der Waals surface area contributed by atoms with Gasteiger partial charge in [0.1, 0.15) is 12.0 Å². The minimum absolute atomic E-state index is 0.363. The second kappa shape index (κ2) is 3.96. The Labute approximate surface area is 80.9 Å². The first-order valence-electron chi connectivity index (χ1n) is 4.42. The van der Waals surface area contributed by atoms with Crippen LogP contribution in [-0.4, -0.2) is 17.0 Å². The molecule has 0 N–H and O–H groups in total. The second-order valence-corrected chi connectivity index (χ2v) is 4.39. The number of carbonyl (C=O) groups is 1. The number of rotatable bonds is 2. The molecule has 0 radical (unpaired) electrons. The monoisotopic (exact) mass is 197 g/mol. The van der Waals surface area contributed by atoms with Gasteiger partial charge < -0.3 is 4.42 Å². The highest BCUT2D eigenvalue weighted by Gasteiger charge is 2.20. The first kappa shape index (κ1) is 8.81. The van der Waals surface area contributed by atoms with Crippen LogP contribution in [0.15, 0.2) is 10.7 Å². The van der Waals surface area contributed by atoms with Crippen molar-refractivity contribution in [3.63, 3.8) is 0 Å². The molecule has 1 fully saturated rings. The van der Waals surface area contributed by atoms with Gasteiger partial charge in [-0.05, 0) is 18.6 Å². The fourth-order valence-electron chi connectivity index (χ4n) is 1.44. The summed E-state index contributed by atoms with van der Waals surface area (Å²) < 4.78 is 5.23. The van der Waals surface area contributed by atoms with Crippen molar-refractivity contribution in [3.05, 3.63) is 17.8 Å². The smallest absolute Gasteiger partial charge is 0.207 e. The number of oxazole rings is 1. The summed E-state index contributed by atoms with van der Waals surface area (Å²) in [7, 11) is 0. The zero-order valence-electron chi connectivity index (χ0n) is 7.23. The number of hydrogen-bond donors (Lipinski definition) is 0. The molecule has 1 aromatic heterocycles. The normalized spacial score (nSPS) is 22.9. The average molecular weight is 197 g/mol. The predicted octanol–water partition coefficient (Wildman–Crippen LogP) is 2.45. The summed E-state index contributed by atoms with van der Waals surface area (Å²) >= 11 is 1.87. The molecule has 13 heavy (non-hydrogen) atoms. The van der Waals surface area contributed by atoms with Crippen molar-refractivity contribution in [1.29, 1.82) is 0 Å². The number of aldehydes is 1. The van der Waals surface area contributed by atoms with E-state index in [-0.39, 0.29) is 0 Å². The Hall–Kier alpha value is -0.770. The third kappa shape index (κ3) is 1.94. The van der Waals surface area contributed by atoms with Crippen molar-refractivity contribution in [2.45, 2.75) is 24.5 Å². The highest BCUT2D eigenvalue weighted by molar-refractivity contribution is 7.99. The zero-order valence-corrected chi connectivity index (χ0v) is 8.05. The fraction of sp³-hybridized carbons (Fsp3) is 0.556. The third-order valence-corrected chi connectivity index (χ3v) is 3.48. The molecule has 4 heteroatoms. The Morgan fingerprint density at radius 2 is 2.54 bits per heavy atom. The molecule has 1 unspecified atom stereocenters. The van der Waals surface area contributed by atoms with Gasteiger partial charge in [0.15, 0.2) is 6.29 Å². The molecule has 1 aliphatic rings. The molecule has 0 saturated carbocycles. The van der Waals surface area contributed by atoms with E-state index < -0.39 is 0 Å². The molecule has 1 aromatic rings. The van der Waals surface area contributed by atoms with E-state index in [0.29, 0.717) is 16.8 Å². The number of carbonyl (C=O) groups excluding carboxylic acids is 1. The van der Waals surface area contributed by atoms with E-state index in [1.54, 1.807) is 0 Å². The first-order valence-corrected chi connectivity index (χ1v) is 5.47. The summed E-state index contributed by atoms with van der Waals surface area (Å²) in [5, 5.41) is 0.363. The molecule has 0 aliphatic carbocycles. The lowest BCUT2D eigenvalue weighted by molar-refractivity contribution is 0.111. The van der Waals surface area contributed by atoms with Crippen molar-refractivity contribution < 1.29 is 9.21 Å². The van der Waals surface area contributed by atoms with Gasteiger partial charge >= 0.3 is 0 Å². The summed E-state index contributed by atoms with van der Waals surface area (Å²) in [5.74, 6) is 1.88. The van der Waals surface area contributed by atoms with Crippen LogP contribution in [0.3, 0.4) is 0 Å². The molecule has 0 spiro atoms. The van der Waals surface area contributed by atoms with Gasteiger partial charge in [0.05, 0.1) is 5.25 Å². The van der Waals surface area contributed by atoms with Gasteiger partial charge in [0.2, 0.25) is 5.89 Å². The Morgan fingerprint density at radius 1 is 1.62 bits per heavy atom. The van der Waals surface area contributed by atoms with Gasteiger partial charge in [-0.2, -0.15) is 0 Å². The van der Waals surface area contributed by atoms with Gasteiger partial charge in [-0.3, -0.25) is 4.79 Å². The van der Waals surface area contributed by atoms with Gasteiger partial charge in [0.25, 0.3) is 0 Å². The Bertz CT molecular complexity index is 292. The molecule has 70 valence electrons. The van der Waals surface area contributed by atoms with Crippen molar-refractivity contribution in [1.82, 2.24) is 4.98 Å². The Morgan fingerprint density at radius 3 is 3.15 bits per heavy atom. The first-order chi connectivity index (χ1) is 6.40. The number of thioether (sulfide) groups is 1. The summed E-state index contributed by atoms with van der Waals surface area (Å²) in [5.41, 5.74) is 0.404. The maximum atomic E-state index is 10.4. The highest BCUT2D eigenvalue weighted by Crippen LogP contribution is 2.37. The van der Waals surface area contributed by atoms with Crippen LogP contribution in [-0.2, 0) is 0 Å². The molecule has 1 atom stereocenters. The molecule has 0 aromatic carbocycles. The minimum Gasteiger partial charge on any atom is -0.447 e. The van der Waals surface area contributed by atoms with Crippen molar-refractivity contribution in [2.75, 3.05) is 5.75 Å². The minimum atomic E-state index is 0.363. The van der Waals surface area contributed by atoms with Crippen molar-refractivity contribution in [3.8, 4) is 0 Å². The quantitative estimate of drug-likeness (QED) is 0.683. The van der Waals surface area contributed by atoms with E-state index >= 15 is 0 Å². The summed E-state index contributed by atoms with van der Waals surface area (Å²) in [6.45, 7) is 0. The van der Waals surface area contributed by atoms with Crippen LogP contribution < -0.4 is 0 Å². The molecule has 2 heterocycles. The Kier molecular flexibility index (Phi) is 2.68. The van der Waals surface area contributed by atoms with Crippen LogP contribution in [0.5, 0.6) is 0 Å². The summed E-state index contributed by atoms with van der Waals surface area (Å²) in [6, 6.07) is 0. The van der Waals surface area contributed by atoms with Crippen LogP contribution in [0.2, 0.25) is 0 Å². The molecular weight excluding hydrogens is 186 g/mol. The fourth-order valence-corrected chi connectivity index (χ4v) is 2.68. The second-order valence-electron chi connectivity index (χ2n) is 3.08. The van der Waals surface area contributed by atoms with Crippen molar-refractivity contribution in [2.24, 2.45) is 0 Å². The lowest BCUT2D eigenvalue weighted by atomic mass is 10.2. The standard InChI is InChI=1S/C9H11NO2S/c11-5-7-6-12-9(10-7)8-3-1-2-4-13-8/h5-6,8H,1-4H2. The largest absolute Gasteiger partial charge is 0.447 e. The molecule has 1 saturated heterocycles. The van der Waals surface area contributed by atoms with E-state index in [1.165, 1.54) is 24.9 Å². The molecule has 0 amide bonds. The van der Waals surface area contributed by atoms with Crippen LogP contribution >= 0.6 is 11.8 Å². The highest BCUT2D eigenvalue weighted by atomic mass is 32.2. The molecule has 1 aliphatic heterocycles. The van der Waals surface area contributed by atoms with Crippen LogP contribution in [0.1, 0.15) is 40.9 Å². The van der Waals surface area contributed by atoms with E-state index in [9.17, 15) is 4.79 Å². The lowest BCUT2D eigenvalue weighted by Crippen LogP contribution is -2.02. The van der Waals surface area contributed by atoms with Crippen molar-refractivity contribution >= 4 is 18.0 Å². The van der Waals surface area contributed by atoms with Crippen LogP contribution in [0, 0.1) is 0 Å². The summed E-state index contributed by atoms with van der Waals surface area (Å²) in [4.78, 5) is 14.5. The number of hydrogen-bond acceptors (Lipinski definition) is 4. The van der Waals surface area contributed by atoms with Gasteiger partial charge in [-0.15, -0.1) is 11.8 Å². The van der Waals surface area contributed by atoms with E-state index in [4.69, 9.17) is 4.42 Å². The molecule has 3 nitrogen and oxygen atoms in total. The van der Waals surface area contributed by atoms with Gasteiger partial charge in [-0.1, -0.05) is 6.42 Å². The third-order valence-electron chi connectivity index (χ3n) is 2.12. The van der Waals surface area contributed by atoms with E-state index in [1.807, 2.05) is 11.8 Å². The van der Waals surface area contributed by atoms with E-state index in [0.717, 1.165) is 12.7 Å².